The molecule has 0 bridgehead atoms. The molecule has 1 saturated heterocycles. The Morgan fingerprint density at radius 1 is 1.50 bits per heavy atom. The lowest BCUT2D eigenvalue weighted by molar-refractivity contribution is -0.123. The molecule has 0 atom stereocenters. The van der Waals surface area contributed by atoms with E-state index in [9.17, 15) is 4.79 Å². The molecular formula is C8H15NO. The molecule has 2 heteroatoms. The molecule has 0 spiro atoms. The molecule has 1 fully saturated rings. The van der Waals surface area contributed by atoms with Gasteiger partial charge in [-0.1, -0.05) is 6.92 Å². The van der Waals surface area contributed by atoms with Crippen molar-refractivity contribution in [3.05, 3.63) is 0 Å². The van der Waals surface area contributed by atoms with Gasteiger partial charge in [-0.05, 0) is 25.9 Å². The van der Waals surface area contributed by atoms with Crippen LogP contribution in [0.1, 0.15) is 26.2 Å². The molecule has 2 nitrogen and oxygen atoms in total. The van der Waals surface area contributed by atoms with Crippen LogP contribution in [0, 0.1) is 5.92 Å². The number of rotatable bonds is 2. The van der Waals surface area contributed by atoms with Crippen molar-refractivity contribution in [2.45, 2.75) is 26.2 Å². The molecule has 58 valence electrons. The molecule has 0 aromatic heterocycles. The smallest absolute Gasteiger partial charge is 0.135 e. The van der Waals surface area contributed by atoms with Crippen LogP contribution in [0.4, 0.5) is 0 Å². The molecular weight excluding hydrogens is 126 g/mol. The molecule has 10 heavy (non-hydrogen) atoms. The highest BCUT2D eigenvalue weighted by Gasteiger charge is 2.18. The number of ketones is 1. The van der Waals surface area contributed by atoms with Gasteiger partial charge in [-0.15, -0.1) is 0 Å². The quantitative estimate of drug-likeness (QED) is 0.620. The average Bonchev–Trinajstić information content (AvgIpc) is 2.05. The van der Waals surface area contributed by atoms with Crippen LogP contribution in [0.3, 0.4) is 0 Å². The third-order valence-corrected chi connectivity index (χ3v) is 2.14. The van der Waals surface area contributed by atoms with Crippen LogP contribution in [0.25, 0.3) is 0 Å². The highest BCUT2D eigenvalue weighted by atomic mass is 16.1. The lowest BCUT2D eigenvalue weighted by Gasteiger charge is -2.20. The normalized spacial score (nSPS) is 20.9. The number of nitrogens with one attached hydrogen (secondary N) is 1. The number of piperidine rings is 1. The van der Waals surface area contributed by atoms with Gasteiger partial charge < -0.3 is 5.32 Å². The minimum Gasteiger partial charge on any atom is -0.317 e. The zero-order valence-corrected chi connectivity index (χ0v) is 6.52. The summed E-state index contributed by atoms with van der Waals surface area (Å²) in [5, 5.41) is 3.24. The summed E-state index contributed by atoms with van der Waals surface area (Å²) in [5.41, 5.74) is 0. The molecule has 0 radical (unpaired) electrons. The number of hydrogen-bond donors (Lipinski definition) is 1. The zero-order valence-electron chi connectivity index (χ0n) is 6.52. The predicted octanol–water partition coefficient (Wildman–Crippen LogP) is 0.965. The Kier molecular flexibility index (Phi) is 2.87. The molecule has 1 N–H and O–H groups in total. The maximum absolute atomic E-state index is 11.1. The molecule has 1 aliphatic rings. The Morgan fingerprint density at radius 2 is 2.10 bits per heavy atom. The zero-order chi connectivity index (χ0) is 7.40. The largest absolute Gasteiger partial charge is 0.317 e. The van der Waals surface area contributed by atoms with E-state index in [2.05, 4.69) is 5.32 Å². The average molecular weight is 141 g/mol. The monoisotopic (exact) mass is 141 g/mol. The Labute approximate surface area is 62.0 Å². The fraction of sp³-hybridized carbons (Fsp3) is 0.875. The maximum Gasteiger partial charge on any atom is 0.135 e. The molecule has 0 unspecified atom stereocenters. The van der Waals surface area contributed by atoms with Gasteiger partial charge >= 0.3 is 0 Å². The van der Waals surface area contributed by atoms with E-state index >= 15 is 0 Å². The highest BCUT2D eigenvalue weighted by Crippen LogP contribution is 2.13. The topological polar surface area (TPSA) is 29.1 Å². The fourth-order valence-corrected chi connectivity index (χ4v) is 1.43. The van der Waals surface area contributed by atoms with E-state index in [4.69, 9.17) is 0 Å². The Hall–Kier alpha value is -0.370. The van der Waals surface area contributed by atoms with Crippen molar-refractivity contribution in [3.63, 3.8) is 0 Å². The van der Waals surface area contributed by atoms with Crippen molar-refractivity contribution in [1.82, 2.24) is 5.32 Å². The molecule has 1 aliphatic heterocycles. The summed E-state index contributed by atoms with van der Waals surface area (Å²) < 4.78 is 0. The summed E-state index contributed by atoms with van der Waals surface area (Å²) in [6.07, 6.45) is 2.81. The van der Waals surface area contributed by atoms with Gasteiger partial charge in [-0.3, -0.25) is 4.79 Å². The van der Waals surface area contributed by atoms with E-state index in [0.717, 1.165) is 25.9 Å². The molecule has 0 amide bonds. The number of carbonyl (C=O) groups is 1. The molecule has 0 aromatic rings. The van der Waals surface area contributed by atoms with E-state index in [-0.39, 0.29) is 0 Å². The van der Waals surface area contributed by atoms with Crippen molar-refractivity contribution in [3.8, 4) is 0 Å². The van der Waals surface area contributed by atoms with Gasteiger partial charge in [0.15, 0.2) is 0 Å². The van der Waals surface area contributed by atoms with Crippen LogP contribution in [0.15, 0.2) is 0 Å². The molecule has 1 heterocycles. The third-order valence-electron chi connectivity index (χ3n) is 2.14. The second kappa shape index (κ2) is 3.71. The van der Waals surface area contributed by atoms with E-state index in [0.29, 0.717) is 18.1 Å². The first kappa shape index (κ1) is 7.73. The molecule has 0 aliphatic carbocycles. The van der Waals surface area contributed by atoms with Gasteiger partial charge in [0.2, 0.25) is 0 Å². The minimum absolute atomic E-state index is 0.367. The summed E-state index contributed by atoms with van der Waals surface area (Å²) >= 11 is 0. The number of hydrogen-bond acceptors (Lipinski definition) is 2. The first-order valence-corrected chi connectivity index (χ1v) is 4.08. The van der Waals surface area contributed by atoms with Crippen LogP contribution in [0.5, 0.6) is 0 Å². The van der Waals surface area contributed by atoms with Crippen LogP contribution < -0.4 is 5.32 Å². The summed E-state index contributed by atoms with van der Waals surface area (Å²) in [6, 6.07) is 0. The SMILES string of the molecule is CCC(=O)C1CCNCC1. The fourth-order valence-electron chi connectivity index (χ4n) is 1.43. The van der Waals surface area contributed by atoms with Gasteiger partial charge in [0, 0.05) is 12.3 Å². The van der Waals surface area contributed by atoms with Gasteiger partial charge in [-0.25, -0.2) is 0 Å². The molecule has 0 aromatic carbocycles. The Morgan fingerprint density at radius 3 is 2.60 bits per heavy atom. The van der Waals surface area contributed by atoms with Crippen molar-refractivity contribution in [1.29, 1.82) is 0 Å². The summed E-state index contributed by atoms with van der Waals surface area (Å²) in [6.45, 7) is 4.00. The first-order chi connectivity index (χ1) is 4.84. The van der Waals surface area contributed by atoms with Crippen molar-refractivity contribution >= 4 is 5.78 Å². The summed E-state index contributed by atoms with van der Waals surface area (Å²) in [7, 11) is 0. The van der Waals surface area contributed by atoms with Gasteiger partial charge in [0.1, 0.15) is 5.78 Å². The van der Waals surface area contributed by atoms with Crippen LogP contribution in [-0.2, 0) is 4.79 Å². The van der Waals surface area contributed by atoms with Crippen molar-refractivity contribution < 1.29 is 4.79 Å². The highest BCUT2D eigenvalue weighted by molar-refractivity contribution is 5.80. The second-order valence-electron chi connectivity index (χ2n) is 2.84. The van der Waals surface area contributed by atoms with Crippen LogP contribution in [0.2, 0.25) is 0 Å². The maximum atomic E-state index is 11.1. The van der Waals surface area contributed by atoms with Gasteiger partial charge in [-0.2, -0.15) is 0 Å². The number of Topliss-reactive ketones (excluding diaryl/α,β-unsaturated/α-hetero) is 1. The lowest BCUT2D eigenvalue weighted by Crippen LogP contribution is -2.31. The van der Waals surface area contributed by atoms with Gasteiger partial charge in [0.25, 0.3) is 0 Å². The Balaban J connectivity index is 2.31. The summed E-state index contributed by atoms with van der Waals surface area (Å²) in [4.78, 5) is 11.1. The summed E-state index contributed by atoms with van der Waals surface area (Å²) in [5.74, 6) is 0.813. The van der Waals surface area contributed by atoms with E-state index in [1.165, 1.54) is 0 Å². The molecule has 0 saturated carbocycles. The van der Waals surface area contributed by atoms with Crippen molar-refractivity contribution in [2.24, 2.45) is 5.92 Å². The standard InChI is InChI=1S/C8H15NO/c1-2-8(10)7-3-5-9-6-4-7/h7,9H,2-6H2,1H3. The second-order valence-corrected chi connectivity index (χ2v) is 2.84. The van der Waals surface area contributed by atoms with E-state index in [1.54, 1.807) is 0 Å². The predicted molar refractivity (Wildman–Crippen MR) is 40.9 cm³/mol. The van der Waals surface area contributed by atoms with Gasteiger partial charge in [0.05, 0.1) is 0 Å². The first-order valence-electron chi connectivity index (χ1n) is 4.08. The van der Waals surface area contributed by atoms with E-state index in [1.807, 2.05) is 6.92 Å². The minimum atomic E-state index is 0.367. The van der Waals surface area contributed by atoms with Crippen molar-refractivity contribution in [2.75, 3.05) is 13.1 Å². The van der Waals surface area contributed by atoms with Crippen LogP contribution in [-0.4, -0.2) is 18.9 Å². The molecule has 1 rings (SSSR count). The van der Waals surface area contributed by atoms with E-state index < -0.39 is 0 Å². The third kappa shape index (κ3) is 1.81. The lowest BCUT2D eigenvalue weighted by atomic mass is 9.92. The Bertz CT molecular complexity index is 116. The van der Waals surface area contributed by atoms with Crippen LogP contribution >= 0.6 is 0 Å². The number of carbonyl (C=O) groups excluding carboxylic acids is 1.